The molecule has 1 unspecified atom stereocenters. The lowest BCUT2D eigenvalue weighted by atomic mass is 9.98. The first-order valence-corrected chi connectivity index (χ1v) is 13.2. The molecule has 170 valence electrons. The standard InChI is InChI=1S/C26H56N2/c1-6-11-19-26(10-5)25-28(22-14-9-4)24-18-16-15-17-23-27(20-12-7-2)21-13-8-3/h26H,6-25H2,1-5H3. The first-order valence-electron chi connectivity index (χ1n) is 13.2. The first-order chi connectivity index (χ1) is 13.7. The summed E-state index contributed by atoms with van der Waals surface area (Å²) >= 11 is 0. The second-order valence-electron chi connectivity index (χ2n) is 9.03. The average molecular weight is 397 g/mol. The Balaban J connectivity index is 4.06. The summed E-state index contributed by atoms with van der Waals surface area (Å²) in [7, 11) is 0. The molecule has 0 amide bonds. The number of hydrogen-bond acceptors (Lipinski definition) is 2. The maximum absolute atomic E-state index is 2.79. The summed E-state index contributed by atoms with van der Waals surface area (Å²) in [6, 6.07) is 0. The highest BCUT2D eigenvalue weighted by Crippen LogP contribution is 2.16. The Hall–Kier alpha value is -0.0800. The van der Waals surface area contributed by atoms with Crippen LogP contribution in [0.2, 0.25) is 0 Å². The first kappa shape index (κ1) is 27.9. The van der Waals surface area contributed by atoms with Crippen molar-refractivity contribution >= 4 is 0 Å². The molecule has 2 nitrogen and oxygen atoms in total. The van der Waals surface area contributed by atoms with Gasteiger partial charge in [0.05, 0.1) is 0 Å². The minimum Gasteiger partial charge on any atom is -0.303 e. The molecule has 0 aliphatic heterocycles. The molecule has 0 rings (SSSR count). The van der Waals surface area contributed by atoms with E-state index in [9.17, 15) is 0 Å². The van der Waals surface area contributed by atoms with Crippen LogP contribution in [0.25, 0.3) is 0 Å². The molecule has 0 aromatic heterocycles. The zero-order valence-corrected chi connectivity index (χ0v) is 20.6. The van der Waals surface area contributed by atoms with Crippen molar-refractivity contribution in [2.24, 2.45) is 5.92 Å². The zero-order chi connectivity index (χ0) is 20.9. The number of rotatable bonds is 22. The number of unbranched alkanes of at least 4 members (excludes halogenated alkanes) is 7. The van der Waals surface area contributed by atoms with Gasteiger partial charge in [-0.15, -0.1) is 0 Å². The predicted octanol–water partition coefficient (Wildman–Crippen LogP) is 7.77. The maximum Gasteiger partial charge on any atom is 0.000955 e. The molecule has 0 aliphatic carbocycles. The van der Waals surface area contributed by atoms with Crippen molar-refractivity contribution < 1.29 is 0 Å². The average Bonchev–Trinajstić information content (AvgIpc) is 2.72. The monoisotopic (exact) mass is 396 g/mol. The molecule has 0 heterocycles. The molecule has 0 radical (unpaired) electrons. The Bertz CT molecular complexity index is 284. The zero-order valence-electron chi connectivity index (χ0n) is 20.6. The van der Waals surface area contributed by atoms with E-state index in [0.29, 0.717) is 0 Å². The lowest BCUT2D eigenvalue weighted by molar-refractivity contribution is 0.210. The third-order valence-electron chi connectivity index (χ3n) is 6.24. The summed E-state index contributed by atoms with van der Waals surface area (Å²) in [6.07, 6.45) is 19.3. The van der Waals surface area contributed by atoms with Gasteiger partial charge in [0, 0.05) is 6.54 Å². The van der Waals surface area contributed by atoms with Crippen molar-refractivity contribution in [3.05, 3.63) is 0 Å². The second-order valence-corrected chi connectivity index (χ2v) is 9.03. The van der Waals surface area contributed by atoms with Gasteiger partial charge in [-0.3, -0.25) is 0 Å². The third-order valence-corrected chi connectivity index (χ3v) is 6.24. The van der Waals surface area contributed by atoms with E-state index in [1.807, 2.05) is 0 Å². The fourth-order valence-electron chi connectivity index (χ4n) is 4.08. The van der Waals surface area contributed by atoms with E-state index in [2.05, 4.69) is 44.4 Å². The molecule has 0 saturated carbocycles. The van der Waals surface area contributed by atoms with E-state index >= 15 is 0 Å². The normalized spacial score (nSPS) is 13.0. The highest BCUT2D eigenvalue weighted by Gasteiger charge is 2.12. The van der Waals surface area contributed by atoms with Crippen LogP contribution in [-0.2, 0) is 0 Å². The van der Waals surface area contributed by atoms with Crippen LogP contribution in [0.15, 0.2) is 0 Å². The molecule has 0 aromatic rings. The van der Waals surface area contributed by atoms with E-state index in [4.69, 9.17) is 0 Å². The lowest BCUT2D eigenvalue weighted by Gasteiger charge is -2.27. The maximum atomic E-state index is 2.79. The van der Waals surface area contributed by atoms with Crippen LogP contribution in [-0.4, -0.2) is 49.1 Å². The lowest BCUT2D eigenvalue weighted by Crippen LogP contribution is -2.31. The molecule has 0 N–H and O–H groups in total. The van der Waals surface area contributed by atoms with Crippen molar-refractivity contribution in [1.29, 1.82) is 0 Å². The quantitative estimate of drug-likeness (QED) is 0.172. The Morgan fingerprint density at radius 1 is 0.464 bits per heavy atom. The van der Waals surface area contributed by atoms with Gasteiger partial charge in [-0.05, 0) is 77.2 Å². The van der Waals surface area contributed by atoms with Gasteiger partial charge < -0.3 is 9.80 Å². The van der Waals surface area contributed by atoms with Gasteiger partial charge in [0.2, 0.25) is 0 Å². The van der Waals surface area contributed by atoms with Crippen molar-refractivity contribution in [3.8, 4) is 0 Å². The molecule has 0 spiro atoms. The predicted molar refractivity (Wildman–Crippen MR) is 129 cm³/mol. The molecular weight excluding hydrogens is 340 g/mol. The summed E-state index contributed by atoms with van der Waals surface area (Å²) in [5, 5.41) is 0. The number of hydrogen-bond donors (Lipinski definition) is 0. The van der Waals surface area contributed by atoms with Gasteiger partial charge in [0.15, 0.2) is 0 Å². The minimum atomic E-state index is 0.919. The van der Waals surface area contributed by atoms with Crippen LogP contribution in [0.3, 0.4) is 0 Å². The third kappa shape index (κ3) is 16.8. The molecule has 28 heavy (non-hydrogen) atoms. The highest BCUT2D eigenvalue weighted by atomic mass is 15.1. The van der Waals surface area contributed by atoms with Gasteiger partial charge in [0.25, 0.3) is 0 Å². The molecule has 0 aliphatic rings. The molecule has 1 atom stereocenters. The molecule has 2 heteroatoms. The van der Waals surface area contributed by atoms with E-state index < -0.39 is 0 Å². The van der Waals surface area contributed by atoms with Gasteiger partial charge in [-0.25, -0.2) is 0 Å². The molecule has 0 fully saturated rings. The Kier molecular flexibility index (Phi) is 21.6. The van der Waals surface area contributed by atoms with Crippen LogP contribution in [0.5, 0.6) is 0 Å². The molecule has 0 aromatic carbocycles. The molecule has 0 saturated heterocycles. The SMILES string of the molecule is CCCCC(CC)CN(CCCC)CCCCCCN(CCCC)CCCC. The van der Waals surface area contributed by atoms with Gasteiger partial charge in [-0.2, -0.15) is 0 Å². The van der Waals surface area contributed by atoms with E-state index in [1.165, 1.54) is 129 Å². The molecule has 0 bridgehead atoms. The summed E-state index contributed by atoms with van der Waals surface area (Å²) in [6.45, 7) is 19.6. The van der Waals surface area contributed by atoms with Crippen molar-refractivity contribution in [2.45, 2.75) is 125 Å². The van der Waals surface area contributed by atoms with Crippen LogP contribution in [0.1, 0.15) is 125 Å². The Labute approximate surface area is 179 Å². The van der Waals surface area contributed by atoms with Gasteiger partial charge in [-0.1, -0.05) is 86.0 Å². The second kappa shape index (κ2) is 21.6. The Morgan fingerprint density at radius 3 is 1.36 bits per heavy atom. The van der Waals surface area contributed by atoms with Gasteiger partial charge in [0.1, 0.15) is 0 Å². The van der Waals surface area contributed by atoms with Crippen LogP contribution in [0, 0.1) is 5.92 Å². The topological polar surface area (TPSA) is 6.48 Å². The fourth-order valence-corrected chi connectivity index (χ4v) is 4.08. The van der Waals surface area contributed by atoms with E-state index in [1.54, 1.807) is 0 Å². The highest BCUT2D eigenvalue weighted by molar-refractivity contribution is 4.66. The van der Waals surface area contributed by atoms with Crippen molar-refractivity contribution in [1.82, 2.24) is 9.80 Å². The fraction of sp³-hybridized carbons (Fsp3) is 1.00. The number of nitrogens with zero attached hydrogens (tertiary/aromatic N) is 2. The van der Waals surface area contributed by atoms with Crippen molar-refractivity contribution in [3.63, 3.8) is 0 Å². The van der Waals surface area contributed by atoms with Crippen LogP contribution < -0.4 is 0 Å². The van der Waals surface area contributed by atoms with Gasteiger partial charge >= 0.3 is 0 Å². The van der Waals surface area contributed by atoms with Crippen LogP contribution >= 0.6 is 0 Å². The minimum absolute atomic E-state index is 0.919. The van der Waals surface area contributed by atoms with Crippen molar-refractivity contribution in [2.75, 3.05) is 39.3 Å². The van der Waals surface area contributed by atoms with E-state index in [0.717, 1.165) is 5.92 Å². The summed E-state index contributed by atoms with van der Waals surface area (Å²) in [5.74, 6) is 0.919. The van der Waals surface area contributed by atoms with Crippen LogP contribution in [0.4, 0.5) is 0 Å². The summed E-state index contributed by atoms with van der Waals surface area (Å²) in [5.41, 5.74) is 0. The van der Waals surface area contributed by atoms with E-state index in [-0.39, 0.29) is 0 Å². The Morgan fingerprint density at radius 2 is 0.893 bits per heavy atom. The molecular formula is C26H56N2. The summed E-state index contributed by atoms with van der Waals surface area (Å²) in [4.78, 5) is 5.52. The smallest absolute Gasteiger partial charge is 0.000955 e. The summed E-state index contributed by atoms with van der Waals surface area (Å²) < 4.78 is 0. The largest absolute Gasteiger partial charge is 0.303 e.